The number of fused-ring (bicyclic) bond motifs is 2. The van der Waals surface area contributed by atoms with Crippen LogP contribution in [0.25, 0.3) is 0 Å². The van der Waals surface area contributed by atoms with Gasteiger partial charge in [0.25, 0.3) is 5.91 Å². The minimum absolute atomic E-state index is 0.0383. The SMILES string of the molecule is O=C(NC1(c2cccnc2)CC1)C1=C2C=C3CC3=C2C=C1. The Bertz CT molecular complexity index is 805. The lowest BCUT2D eigenvalue weighted by Gasteiger charge is -2.18. The summed E-state index contributed by atoms with van der Waals surface area (Å²) in [5.74, 6) is 0.0383. The molecule has 4 aliphatic carbocycles. The lowest BCUT2D eigenvalue weighted by molar-refractivity contribution is -0.118. The highest BCUT2D eigenvalue weighted by Crippen LogP contribution is 2.52. The van der Waals surface area contributed by atoms with E-state index in [4.69, 9.17) is 0 Å². The van der Waals surface area contributed by atoms with E-state index in [-0.39, 0.29) is 11.4 Å². The van der Waals surface area contributed by atoms with Crippen molar-refractivity contribution in [1.29, 1.82) is 0 Å². The summed E-state index contributed by atoms with van der Waals surface area (Å²) >= 11 is 0. The van der Waals surface area contributed by atoms with E-state index >= 15 is 0 Å². The maximum atomic E-state index is 12.6. The molecule has 0 aliphatic heterocycles. The van der Waals surface area contributed by atoms with Crippen molar-refractivity contribution < 1.29 is 4.79 Å². The van der Waals surface area contributed by atoms with E-state index < -0.39 is 0 Å². The summed E-state index contributed by atoms with van der Waals surface area (Å²) in [6.45, 7) is 0. The molecule has 0 saturated heterocycles. The standard InChI is InChI=1S/C18H14N2O/c21-17(14-4-3-13-15-8-11(15)9-16(13)14)20-18(5-6-18)12-2-1-7-19-10-12/h1-4,7,9-10H,5-6,8H2,(H,20,21). The number of hydrogen-bond donors (Lipinski definition) is 1. The molecule has 2 fully saturated rings. The van der Waals surface area contributed by atoms with Gasteiger partial charge in [0.05, 0.1) is 5.54 Å². The molecule has 1 N–H and O–H groups in total. The van der Waals surface area contributed by atoms with E-state index in [0.29, 0.717) is 0 Å². The van der Waals surface area contributed by atoms with Crippen molar-refractivity contribution in [3.8, 4) is 0 Å². The molecule has 0 bridgehead atoms. The molecule has 0 radical (unpaired) electrons. The Labute approximate surface area is 122 Å². The molecule has 21 heavy (non-hydrogen) atoms. The Hall–Kier alpha value is -2.42. The van der Waals surface area contributed by atoms with E-state index in [9.17, 15) is 4.79 Å². The molecule has 0 spiro atoms. The lowest BCUT2D eigenvalue weighted by Crippen LogP contribution is -2.35. The van der Waals surface area contributed by atoms with Gasteiger partial charge in [-0.05, 0) is 65.3 Å². The molecule has 2 saturated carbocycles. The van der Waals surface area contributed by atoms with Gasteiger partial charge in [0.1, 0.15) is 0 Å². The van der Waals surface area contributed by atoms with Crippen LogP contribution in [0.2, 0.25) is 0 Å². The van der Waals surface area contributed by atoms with Crippen molar-refractivity contribution in [3.05, 3.63) is 76.2 Å². The maximum Gasteiger partial charge on any atom is 0.252 e. The zero-order valence-electron chi connectivity index (χ0n) is 11.5. The highest BCUT2D eigenvalue weighted by molar-refractivity contribution is 6.02. The number of rotatable bonds is 3. The van der Waals surface area contributed by atoms with Crippen LogP contribution >= 0.6 is 0 Å². The van der Waals surface area contributed by atoms with Gasteiger partial charge in [0.15, 0.2) is 0 Å². The van der Waals surface area contributed by atoms with Gasteiger partial charge < -0.3 is 5.32 Å². The Morgan fingerprint density at radius 1 is 1.24 bits per heavy atom. The number of pyridine rings is 1. The molecule has 1 amide bonds. The van der Waals surface area contributed by atoms with Gasteiger partial charge in [-0.25, -0.2) is 0 Å². The second kappa shape index (κ2) is 3.61. The van der Waals surface area contributed by atoms with Crippen LogP contribution in [-0.2, 0) is 10.3 Å². The normalized spacial score (nSPS) is 23.0. The predicted molar refractivity (Wildman–Crippen MR) is 79.2 cm³/mol. The maximum absolute atomic E-state index is 12.6. The van der Waals surface area contributed by atoms with E-state index in [2.05, 4.69) is 22.5 Å². The predicted octanol–water partition coefficient (Wildman–Crippen LogP) is 2.69. The van der Waals surface area contributed by atoms with Gasteiger partial charge in [0, 0.05) is 18.0 Å². The van der Waals surface area contributed by atoms with Gasteiger partial charge in [0.2, 0.25) is 0 Å². The van der Waals surface area contributed by atoms with Crippen LogP contribution in [0.4, 0.5) is 0 Å². The van der Waals surface area contributed by atoms with Crippen LogP contribution in [0.5, 0.6) is 0 Å². The molecule has 0 unspecified atom stereocenters. The third-order valence-corrected chi connectivity index (χ3v) is 4.83. The largest absolute Gasteiger partial charge is 0.342 e. The molecule has 0 atom stereocenters. The molecular weight excluding hydrogens is 260 g/mol. The average molecular weight is 274 g/mol. The van der Waals surface area contributed by atoms with E-state index in [1.165, 1.54) is 16.7 Å². The van der Waals surface area contributed by atoms with Crippen LogP contribution in [0.3, 0.4) is 0 Å². The van der Waals surface area contributed by atoms with Crippen LogP contribution < -0.4 is 5.32 Å². The molecule has 4 aliphatic rings. The molecule has 5 rings (SSSR count). The topological polar surface area (TPSA) is 42.0 Å². The summed E-state index contributed by atoms with van der Waals surface area (Å²) in [4.78, 5) is 16.8. The highest BCUT2D eigenvalue weighted by atomic mass is 16.1. The number of carbonyl (C=O) groups is 1. The third kappa shape index (κ3) is 1.54. The van der Waals surface area contributed by atoms with Gasteiger partial charge in [-0.2, -0.15) is 0 Å². The van der Waals surface area contributed by atoms with Crippen molar-refractivity contribution in [2.45, 2.75) is 24.8 Å². The fourth-order valence-corrected chi connectivity index (χ4v) is 3.38. The summed E-state index contributed by atoms with van der Waals surface area (Å²) in [6.07, 6.45) is 12.9. The van der Waals surface area contributed by atoms with Crippen LogP contribution in [0.1, 0.15) is 24.8 Å². The minimum Gasteiger partial charge on any atom is -0.342 e. The van der Waals surface area contributed by atoms with Crippen LogP contribution in [-0.4, -0.2) is 10.9 Å². The summed E-state index contributed by atoms with van der Waals surface area (Å²) in [6, 6.07) is 3.97. The molecule has 3 nitrogen and oxygen atoms in total. The minimum atomic E-state index is -0.197. The fourth-order valence-electron chi connectivity index (χ4n) is 3.38. The molecule has 0 aromatic carbocycles. The number of nitrogens with zero attached hydrogens (tertiary/aromatic N) is 1. The first-order chi connectivity index (χ1) is 10.3. The van der Waals surface area contributed by atoms with Gasteiger partial charge in [-0.1, -0.05) is 12.1 Å². The number of nitrogens with one attached hydrogen (secondary N) is 1. The Balaban J connectivity index is 1.45. The second-order valence-electron chi connectivity index (χ2n) is 6.18. The first kappa shape index (κ1) is 11.3. The quantitative estimate of drug-likeness (QED) is 0.920. The number of carbonyl (C=O) groups excluding carboxylic acids is 1. The Kier molecular flexibility index (Phi) is 1.94. The van der Waals surface area contributed by atoms with E-state index in [1.807, 2.05) is 24.4 Å². The lowest BCUT2D eigenvalue weighted by atomic mass is 10.0. The monoisotopic (exact) mass is 274 g/mol. The Morgan fingerprint density at radius 3 is 2.90 bits per heavy atom. The zero-order valence-corrected chi connectivity index (χ0v) is 11.5. The van der Waals surface area contributed by atoms with E-state index in [1.54, 1.807) is 6.20 Å². The number of allylic oxidation sites excluding steroid dienone is 6. The van der Waals surface area contributed by atoms with Crippen LogP contribution in [0.15, 0.2) is 70.6 Å². The molecule has 1 aromatic rings. The Morgan fingerprint density at radius 2 is 2.14 bits per heavy atom. The summed E-state index contributed by atoms with van der Waals surface area (Å²) in [7, 11) is 0. The zero-order chi connectivity index (χ0) is 14.0. The third-order valence-electron chi connectivity index (χ3n) is 4.83. The fraction of sp³-hybridized carbons (Fsp3) is 0.222. The van der Waals surface area contributed by atoms with Crippen molar-refractivity contribution >= 4 is 5.91 Å². The van der Waals surface area contributed by atoms with Gasteiger partial charge in [-0.3, -0.25) is 9.78 Å². The van der Waals surface area contributed by atoms with E-state index in [0.717, 1.165) is 36.0 Å². The second-order valence-corrected chi connectivity index (χ2v) is 6.18. The summed E-state index contributed by atoms with van der Waals surface area (Å²) < 4.78 is 0. The number of amides is 1. The molecular formula is C18H14N2O. The smallest absolute Gasteiger partial charge is 0.252 e. The first-order valence-electron chi connectivity index (χ1n) is 7.37. The van der Waals surface area contributed by atoms with Crippen molar-refractivity contribution in [3.63, 3.8) is 0 Å². The highest BCUT2D eigenvalue weighted by Gasteiger charge is 2.46. The number of aromatic nitrogens is 1. The molecule has 3 heteroatoms. The summed E-state index contributed by atoms with van der Waals surface area (Å²) in [5, 5.41) is 3.23. The van der Waals surface area contributed by atoms with Gasteiger partial charge >= 0.3 is 0 Å². The summed E-state index contributed by atoms with van der Waals surface area (Å²) in [5.41, 5.74) is 6.94. The van der Waals surface area contributed by atoms with Crippen molar-refractivity contribution in [2.24, 2.45) is 0 Å². The van der Waals surface area contributed by atoms with Crippen molar-refractivity contribution in [1.82, 2.24) is 10.3 Å². The van der Waals surface area contributed by atoms with Crippen LogP contribution in [0, 0.1) is 0 Å². The first-order valence-corrected chi connectivity index (χ1v) is 7.37. The average Bonchev–Trinajstić information content (AvgIpc) is 3.38. The molecule has 1 heterocycles. The molecule has 102 valence electrons. The van der Waals surface area contributed by atoms with Gasteiger partial charge in [-0.15, -0.1) is 0 Å². The molecule has 1 aromatic heterocycles. The number of hydrogen-bond acceptors (Lipinski definition) is 2. The van der Waals surface area contributed by atoms with Crippen molar-refractivity contribution in [2.75, 3.05) is 0 Å².